The van der Waals surface area contributed by atoms with Gasteiger partial charge in [-0.1, -0.05) is 26.8 Å². The number of fused-ring (bicyclic) bond motifs is 1. The van der Waals surface area contributed by atoms with Gasteiger partial charge < -0.3 is 5.11 Å². The highest BCUT2D eigenvalue weighted by Gasteiger charge is 2.24. The maximum Gasteiger partial charge on any atom is 0.183 e. The van der Waals surface area contributed by atoms with Crippen molar-refractivity contribution in [1.29, 1.82) is 0 Å². The molecule has 0 aliphatic carbocycles. The van der Waals surface area contributed by atoms with Crippen LogP contribution >= 0.6 is 0 Å². The molecule has 3 aromatic rings. The molecule has 3 rings (SSSR count). The maximum atomic E-state index is 9.50. The summed E-state index contributed by atoms with van der Waals surface area (Å²) in [6, 6.07) is 10.9. The van der Waals surface area contributed by atoms with Crippen molar-refractivity contribution in [3.63, 3.8) is 0 Å². The highest BCUT2D eigenvalue weighted by molar-refractivity contribution is 5.55. The van der Waals surface area contributed by atoms with Crippen LogP contribution in [0, 0.1) is 6.92 Å². The van der Waals surface area contributed by atoms with Gasteiger partial charge >= 0.3 is 0 Å². The van der Waals surface area contributed by atoms with Crippen LogP contribution in [-0.2, 0) is 5.41 Å². The molecule has 0 saturated carbocycles. The summed E-state index contributed by atoms with van der Waals surface area (Å²) in [6.45, 7) is 8.23. The lowest BCUT2D eigenvalue weighted by molar-refractivity contribution is 0.475. The first kappa shape index (κ1) is 15.2. The lowest BCUT2D eigenvalue weighted by Crippen LogP contribution is -2.11. The van der Waals surface area contributed by atoms with Crippen LogP contribution in [0.15, 0.2) is 52.8 Å². The summed E-state index contributed by atoms with van der Waals surface area (Å²) >= 11 is 0. The second-order valence-corrected chi connectivity index (χ2v) is 6.63. The molecule has 0 bridgehead atoms. The fourth-order valence-electron chi connectivity index (χ4n) is 2.43. The SMILES string of the molecule is Cc1cc(O)ccc1N=Nc1c(C(C)(C)C)nc2ccccn12. The van der Waals surface area contributed by atoms with Gasteiger partial charge in [-0.05, 0) is 42.8 Å². The smallest absolute Gasteiger partial charge is 0.183 e. The van der Waals surface area contributed by atoms with Gasteiger partial charge in [0.2, 0.25) is 0 Å². The number of azo groups is 1. The predicted molar refractivity (Wildman–Crippen MR) is 90.9 cm³/mol. The Bertz CT molecular complexity index is 888. The summed E-state index contributed by atoms with van der Waals surface area (Å²) in [5, 5.41) is 18.3. The van der Waals surface area contributed by atoms with Crippen LogP contribution in [0.3, 0.4) is 0 Å². The average molecular weight is 308 g/mol. The first-order valence-electron chi connectivity index (χ1n) is 7.55. The largest absolute Gasteiger partial charge is 0.508 e. The normalized spacial score (nSPS) is 12.3. The molecular formula is C18H20N4O. The Morgan fingerprint density at radius 3 is 2.57 bits per heavy atom. The van der Waals surface area contributed by atoms with Gasteiger partial charge in [-0.15, -0.1) is 10.2 Å². The highest BCUT2D eigenvalue weighted by atomic mass is 16.3. The molecule has 1 aromatic carbocycles. The third-order valence-electron chi connectivity index (χ3n) is 3.65. The standard InChI is InChI=1S/C18H20N4O/c1-12-11-13(23)8-9-14(12)20-21-17-16(18(2,3)4)19-15-7-5-6-10-22(15)17/h5-11,23H,1-4H3. The molecule has 0 aliphatic heterocycles. The molecule has 0 amide bonds. The van der Waals surface area contributed by atoms with Crippen LogP contribution in [0.25, 0.3) is 5.65 Å². The lowest BCUT2D eigenvalue weighted by Gasteiger charge is -2.15. The topological polar surface area (TPSA) is 62.2 Å². The van der Waals surface area contributed by atoms with Gasteiger partial charge in [-0.3, -0.25) is 4.40 Å². The van der Waals surface area contributed by atoms with Crippen molar-refractivity contribution in [3.8, 4) is 5.75 Å². The summed E-state index contributed by atoms with van der Waals surface area (Å²) in [5.41, 5.74) is 3.23. The predicted octanol–water partition coefficient (Wildman–Crippen LogP) is 5.06. The van der Waals surface area contributed by atoms with E-state index in [2.05, 4.69) is 31.0 Å². The van der Waals surface area contributed by atoms with Crippen molar-refractivity contribution in [2.75, 3.05) is 0 Å². The summed E-state index contributed by atoms with van der Waals surface area (Å²) < 4.78 is 1.94. The quantitative estimate of drug-likeness (QED) is 0.672. The van der Waals surface area contributed by atoms with Crippen molar-refractivity contribution >= 4 is 17.2 Å². The second kappa shape index (κ2) is 5.50. The van der Waals surface area contributed by atoms with E-state index in [1.807, 2.05) is 35.7 Å². The summed E-state index contributed by atoms with van der Waals surface area (Å²) in [4.78, 5) is 4.70. The van der Waals surface area contributed by atoms with Crippen molar-refractivity contribution in [1.82, 2.24) is 9.38 Å². The number of hydrogen-bond donors (Lipinski definition) is 1. The van der Waals surface area contributed by atoms with Gasteiger partial charge in [-0.25, -0.2) is 4.98 Å². The number of pyridine rings is 1. The summed E-state index contributed by atoms with van der Waals surface area (Å²) in [5.74, 6) is 0.965. The third kappa shape index (κ3) is 2.95. The summed E-state index contributed by atoms with van der Waals surface area (Å²) in [6.07, 6.45) is 1.94. The molecule has 0 unspecified atom stereocenters. The molecule has 0 spiro atoms. The van der Waals surface area contributed by atoms with Crippen LogP contribution in [0.1, 0.15) is 32.0 Å². The Morgan fingerprint density at radius 2 is 1.87 bits per heavy atom. The number of benzene rings is 1. The Labute approximate surface area is 135 Å². The molecule has 0 atom stereocenters. The zero-order valence-corrected chi connectivity index (χ0v) is 13.8. The molecule has 0 radical (unpaired) electrons. The Morgan fingerprint density at radius 1 is 1.09 bits per heavy atom. The van der Waals surface area contributed by atoms with Gasteiger partial charge in [-0.2, -0.15) is 0 Å². The number of hydrogen-bond acceptors (Lipinski definition) is 4. The van der Waals surface area contributed by atoms with Gasteiger partial charge in [0.05, 0.1) is 11.4 Å². The van der Waals surface area contributed by atoms with Crippen LogP contribution in [0.2, 0.25) is 0 Å². The first-order chi connectivity index (χ1) is 10.9. The maximum absolute atomic E-state index is 9.50. The van der Waals surface area contributed by atoms with Gasteiger partial charge in [0.25, 0.3) is 0 Å². The van der Waals surface area contributed by atoms with Crippen LogP contribution in [0.4, 0.5) is 11.5 Å². The zero-order chi connectivity index (χ0) is 16.6. The van der Waals surface area contributed by atoms with E-state index in [0.29, 0.717) is 0 Å². The molecular weight excluding hydrogens is 288 g/mol. The molecule has 5 heteroatoms. The molecule has 0 fully saturated rings. The van der Waals surface area contributed by atoms with Crippen molar-refractivity contribution in [3.05, 3.63) is 53.9 Å². The van der Waals surface area contributed by atoms with E-state index in [9.17, 15) is 5.11 Å². The fourth-order valence-corrected chi connectivity index (χ4v) is 2.43. The van der Waals surface area contributed by atoms with Crippen molar-refractivity contribution in [2.24, 2.45) is 10.2 Å². The number of rotatable bonds is 2. The molecule has 1 N–H and O–H groups in total. The van der Waals surface area contributed by atoms with Crippen LogP contribution in [0.5, 0.6) is 5.75 Å². The molecule has 118 valence electrons. The molecule has 0 saturated heterocycles. The number of imidazole rings is 1. The third-order valence-corrected chi connectivity index (χ3v) is 3.65. The number of aromatic hydroxyl groups is 1. The second-order valence-electron chi connectivity index (χ2n) is 6.63. The van der Waals surface area contributed by atoms with E-state index in [0.717, 1.165) is 28.4 Å². The monoisotopic (exact) mass is 308 g/mol. The highest BCUT2D eigenvalue weighted by Crippen LogP contribution is 2.33. The van der Waals surface area contributed by atoms with E-state index < -0.39 is 0 Å². The Hall–Kier alpha value is -2.69. The number of phenols is 1. The fraction of sp³-hybridized carbons (Fsp3) is 0.278. The minimum absolute atomic E-state index is 0.135. The van der Waals surface area contributed by atoms with E-state index >= 15 is 0 Å². The lowest BCUT2D eigenvalue weighted by atomic mass is 9.92. The van der Waals surface area contributed by atoms with Gasteiger partial charge in [0.15, 0.2) is 5.82 Å². The number of aromatic nitrogens is 2. The molecule has 0 aliphatic rings. The minimum Gasteiger partial charge on any atom is -0.508 e. The molecule has 23 heavy (non-hydrogen) atoms. The van der Waals surface area contributed by atoms with Crippen LogP contribution in [-0.4, -0.2) is 14.5 Å². The van der Waals surface area contributed by atoms with E-state index in [-0.39, 0.29) is 11.2 Å². The van der Waals surface area contributed by atoms with E-state index in [1.54, 1.807) is 18.2 Å². The van der Waals surface area contributed by atoms with Gasteiger partial charge in [0, 0.05) is 11.6 Å². The summed E-state index contributed by atoms with van der Waals surface area (Å²) in [7, 11) is 0. The zero-order valence-electron chi connectivity index (χ0n) is 13.8. The first-order valence-corrected chi connectivity index (χ1v) is 7.55. The van der Waals surface area contributed by atoms with Crippen molar-refractivity contribution < 1.29 is 5.11 Å². The van der Waals surface area contributed by atoms with E-state index in [1.165, 1.54) is 0 Å². The average Bonchev–Trinajstić information content (AvgIpc) is 2.85. The van der Waals surface area contributed by atoms with Gasteiger partial charge in [0.1, 0.15) is 11.4 Å². The van der Waals surface area contributed by atoms with Crippen LogP contribution < -0.4 is 0 Å². The Kier molecular flexibility index (Phi) is 3.64. The number of nitrogens with zero attached hydrogens (tertiary/aromatic N) is 4. The van der Waals surface area contributed by atoms with Crippen molar-refractivity contribution in [2.45, 2.75) is 33.1 Å². The number of phenolic OH excluding ortho intramolecular Hbond substituents is 1. The Balaban J connectivity index is 2.13. The molecule has 2 aromatic heterocycles. The minimum atomic E-state index is -0.135. The number of aryl methyl sites for hydroxylation is 1. The molecule has 5 nitrogen and oxygen atoms in total. The van der Waals surface area contributed by atoms with E-state index in [4.69, 9.17) is 4.98 Å². The molecule has 2 heterocycles.